The summed E-state index contributed by atoms with van der Waals surface area (Å²) in [6.07, 6.45) is 0.584. The zero-order valence-electron chi connectivity index (χ0n) is 4.88. The Morgan fingerprint density at radius 1 is 1.89 bits per heavy atom. The van der Waals surface area contributed by atoms with Gasteiger partial charge in [-0.15, -0.1) is 0 Å². The predicted octanol–water partition coefficient (Wildman–Crippen LogP) is -0.0279. The van der Waals surface area contributed by atoms with E-state index in [1.54, 1.807) is 0 Å². The quantitative estimate of drug-likeness (QED) is 0.517. The molecule has 1 N–H and O–H groups in total. The van der Waals surface area contributed by atoms with Gasteiger partial charge in [0.05, 0.1) is 0 Å². The van der Waals surface area contributed by atoms with E-state index in [0.29, 0.717) is 16.9 Å². The van der Waals surface area contributed by atoms with E-state index >= 15 is 0 Å². The molecule has 0 aromatic heterocycles. The Balaban J connectivity index is 2.48. The third-order valence-corrected chi connectivity index (χ3v) is 2.17. The summed E-state index contributed by atoms with van der Waals surface area (Å²) in [5, 5.41) is 8.56. The van der Waals surface area contributed by atoms with Gasteiger partial charge in [0.1, 0.15) is 6.73 Å². The molecule has 9 heavy (non-hydrogen) atoms. The highest BCUT2D eigenvalue weighted by Crippen LogP contribution is 2.17. The molecule has 1 atom stereocenters. The molecule has 0 aliphatic carbocycles. The number of carbonyl (C=O) groups is 1. The van der Waals surface area contributed by atoms with Gasteiger partial charge in [-0.1, -0.05) is 22.6 Å². The molecule has 1 aliphatic rings. The second-order valence-corrected chi connectivity index (χ2v) is 3.82. The van der Waals surface area contributed by atoms with Gasteiger partial charge in [0.25, 0.3) is 0 Å². The van der Waals surface area contributed by atoms with Gasteiger partial charge in [-0.2, -0.15) is 0 Å². The summed E-state index contributed by atoms with van der Waals surface area (Å²) in [7, 11) is 0. The molecule has 0 saturated carbocycles. The molecule has 0 aromatic rings. The Bertz CT molecular complexity index is 128. The van der Waals surface area contributed by atoms with Crippen LogP contribution in [0, 0.1) is 0 Å². The first kappa shape index (κ1) is 7.27. The highest BCUT2D eigenvalue weighted by molar-refractivity contribution is 14.1. The number of nitrogens with zero attached hydrogens (tertiary/aromatic N) is 1. The van der Waals surface area contributed by atoms with Gasteiger partial charge in [0.15, 0.2) is 0 Å². The SMILES string of the molecule is O=C1CC(I)CN1CO. The van der Waals surface area contributed by atoms with Crippen molar-refractivity contribution in [2.45, 2.75) is 10.3 Å². The summed E-state index contributed by atoms with van der Waals surface area (Å²) in [4.78, 5) is 12.2. The number of alkyl halides is 1. The predicted molar refractivity (Wildman–Crippen MR) is 41.2 cm³/mol. The zero-order valence-corrected chi connectivity index (χ0v) is 7.04. The van der Waals surface area contributed by atoms with Crippen molar-refractivity contribution in [2.75, 3.05) is 13.3 Å². The smallest absolute Gasteiger partial charge is 0.225 e. The Kier molecular flexibility index (Phi) is 2.29. The molecule has 1 rings (SSSR count). The third-order valence-electron chi connectivity index (χ3n) is 1.34. The van der Waals surface area contributed by atoms with E-state index in [0.717, 1.165) is 0 Å². The highest BCUT2D eigenvalue weighted by atomic mass is 127. The maximum absolute atomic E-state index is 10.8. The normalized spacial score (nSPS) is 27.6. The van der Waals surface area contributed by atoms with Crippen LogP contribution in [-0.2, 0) is 4.79 Å². The fourth-order valence-electron chi connectivity index (χ4n) is 0.861. The minimum atomic E-state index is -0.127. The van der Waals surface area contributed by atoms with Crippen LogP contribution < -0.4 is 0 Å². The van der Waals surface area contributed by atoms with E-state index in [1.165, 1.54) is 4.90 Å². The van der Waals surface area contributed by atoms with Crippen LogP contribution >= 0.6 is 22.6 Å². The number of hydrogen-bond acceptors (Lipinski definition) is 2. The van der Waals surface area contributed by atoms with Crippen molar-refractivity contribution in [3.05, 3.63) is 0 Å². The lowest BCUT2D eigenvalue weighted by atomic mass is 10.4. The summed E-state index contributed by atoms with van der Waals surface area (Å²) in [5.41, 5.74) is 0. The van der Waals surface area contributed by atoms with Crippen LogP contribution in [0.2, 0.25) is 0 Å². The number of likely N-dealkylation sites (tertiary alicyclic amines) is 1. The number of halogens is 1. The van der Waals surface area contributed by atoms with E-state index in [4.69, 9.17) is 5.11 Å². The third kappa shape index (κ3) is 1.54. The molecule has 1 amide bonds. The van der Waals surface area contributed by atoms with Crippen LogP contribution in [0.3, 0.4) is 0 Å². The van der Waals surface area contributed by atoms with Crippen molar-refractivity contribution in [2.24, 2.45) is 0 Å². The number of aliphatic hydroxyl groups excluding tert-OH is 1. The maximum Gasteiger partial charge on any atom is 0.225 e. The van der Waals surface area contributed by atoms with Gasteiger partial charge >= 0.3 is 0 Å². The van der Waals surface area contributed by atoms with E-state index in [-0.39, 0.29) is 12.6 Å². The standard InChI is InChI=1S/C5H8INO2/c6-4-1-5(9)7(2-4)3-8/h4,8H,1-3H2. The Morgan fingerprint density at radius 2 is 2.56 bits per heavy atom. The first-order chi connectivity index (χ1) is 4.24. The second kappa shape index (κ2) is 2.83. The summed E-state index contributed by atoms with van der Waals surface area (Å²) in [6.45, 7) is 0.578. The largest absolute Gasteiger partial charge is 0.376 e. The molecule has 0 bridgehead atoms. The van der Waals surface area contributed by atoms with Gasteiger partial charge in [-0.3, -0.25) is 4.79 Å². The summed E-state index contributed by atoms with van der Waals surface area (Å²) < 4.78 is 0.391. The Labute approximate surface area is 67.2 Å². The number of hydrogen-bond donors (Lipinski definition) is 1. The minimum absolute atomic E-state index is 0.0666. The van der Waals surface area contributed by atoms with Gasteiger partial charge in [-0.05, 0) is 0 Å². The van der Waals surface area contributed by atoms with E-state index in [9.17, 15) is 4.79 Å². The lowest BCUT2D eigenvalue weighted by molar-refractivity contribution is -0.130. The molecule has 1 unspecified atom stereocenters. The highest BCUT2D eigenvalue weighted by Gasteiger charge is 2.26. The second-order valence-electron chi connectivity index (χ2n) is 2.06. The van der Waals surface area contributed by atoms with Crippen molar-refractivity contribution in [3.8, 4) is 0 Å². The molecule has 1 aliphatic heterocycles. The van der Waals surface area contributed by atoms with Crippen molar-refractivity contribution in [3.63, 3.8) is 0 Å². The van der Waals surface area contributed by atoms with Crippen LogP contribution in [0.25, 0.3) is 0 Å². The van der Waals surface area contributed by atoms with E-state index in [1.807, 2.05) is 0 Å². The number of rotatable bonds is 1. The van der Waals surface area contributed by atoms with Gasteiger partial charge in [0, 0.05) is 16.9 Å². The molecule has 0 radical (unpaired) electrons. The number of carbonyl (C=O) groups excluding carboxylic acids is 1. The molecule has 1 saturated heterocycles. The molecule has 1 fully saturated rings. The summed E-state index contributed by atoms with van der Waals surface area (Å²) in [5.74, 6) is 0.0666. The average molecular weight is 241 g/mol. The fourth-order valence-corrected chi connectivity index (χ4v) is 1.71. The van der Waals surface area contributed by atoms with Crippen LogP contribution in [0.1, 0.15) is 6.42 Å². The lowest BCUT2D eigenvalue weighted by Crippen LogP contribution is -2.25. The molecule has 0 aromatic carbocycles. The zero-order chi connectivity index (χ0) is 6.85. The van der Waals surface area contributed by atoms with Gasteiger partial charge < -0.3 is 10.0 Å². The number of aliphatic hydroxyl groups is 1. The lowest BCUT2D eigenvalue weighted by Gasteiger charge is -2.09. The van der Waals surface area contributed by atoms with Crippen LogP contribution in [0.5, 0.6) is 0 Å². The first-order valence-corrected chi connectivity index (χ1v) is 4.01. The van der Waals surface area contributed by atoms with Crippen LogP contribution in [-0.4, -0.2) is 33.1 Å². The molecular weight excluding hydrogens is 233 g/mol. The fraction of sp³-hybridized carbons (Fsp3) is 0.800. The first-order valence-electron chi connectivity index (χ1n) is 2.76. The van der Waals surface area contributed by atoms with Crippen LogP contribution in [0.15, 0.2) is 0 Å². The number of amides is 1. The van der Waals surface area contributed by atoms with E-state index < -0.39 is 0 Å². The average Bonchev–Trinajstić information content (AvgIpc) is 2.10. The summed E-state index contributed by atoms with van der Waals surface area (Å²) >= 11 is 2.21. The van der Waals surface area contributed by atoms with Gasteiger partial charge in [0.2, 0.25) is 5.91 Å². The Morgan fingerprint density at radius 3 is 2.78 bits per heavy atom. The Hall–Kier alpha value is 0.160. The van der Waals surface area contributed by atoms with Crippen molar-refractivity contribution < 1.29 is 9.90 Å². The minimum Gasteiger partial charge on any atom is -0.376 e. The van der Waals surface area contributed by atoms with Crippen molar-refractivity contribution in [1.82, 2.24) is 4.90 Å². The molecule has 1 heterocycles. The van der Waals surface area contributed by atoms with Crippen LogP contribution in [0.4, 0.5) is 0 Å². The molecule has 0 spiro atoms. The van der Waals surface area contributed by atoms with Crippen molar-refractivity contribution >= 4 is 28.5 Å². The molecule has 3 nitrogen and oxygen atoms in total. The van der Waals surface area contributed by atoms with Gasteiger partial charge in [-0.25, -0.2) is 0 Å². The summed E-state index contributed by atoms with van der Waals surface area (Å²) in [6, 6.07) is 0. The monoisotopic (exact) mass is 241 g/mol. The molecule has 4 heteroatoms. The van der Waals surface area contributed by atoms with E-state index in [2.05, 4.69) is 22.6 Å². The maximum atomic E-state index is 10.8. The van der Waals surface area contributed by atoms with Crippen molar-refractivity contribution in [1.29, 1.82) is 0 Å². The molecular formula is C5H8INO2. The molecule has 52 valence electrons. The topological polar surface area (TPSA) is 40.5 Å².